The topological polar surface area (TPSA) is 194 Å². The van der Waals surface area contributed by atoms with E-state index >= 15 is 0 Å². The van der Waals surface area contributed by atoms with Crippen molar-refractivity contribution in [2.75, 3.05) is 13.7 Å². The van der Waals surface area contributed by atoms with Gasteiger partial charge in [0.2, 0.25) is 11.9 Å². The number of aliphatic imine (C=N–C) groups is 1. The molecule has 0 saturated heterocycles. The van der Waals surface area contributed by atoms with Gasteiger partial charge in [-0.25, -0.2) is 22.9 Å². The molecule has 0 spiro atoms. The van der Waals surface area contributed by atoms with Gasteiger partial charge in [0.15, 0.2) is 0 Å². The predicted octanol–water partition coefficient (Wildman–Crippen LogP) is 3.36. The van der Waals surface area contributed by atoms with Gasteiger partial charge in [-0.15, -0.1) is 11.3 Å². The number of rotatable bonds is 14. The van der Waals surface area contributed by atoms with Crippen LogP contribution in [-0.4, -0.2) is 67.8 Å². The molecule has 1 heterocycles. The highest BCUT2D eigenvalue weighted by molar-refractivity contribution is 7.90. The maximum Gasteiger partial charge on any atom is 0.408 e. The summed E-state index contributed by atoms with van der Waals surface area (Å²) in [5.74, 6) is 0.194. The zero-order chi connectivity index (χ0) is 33.5. The fourth-order valence-corrected chi connectivity index (χ4v) is 7.06. The molecule has 0 aliphatic heterocycles. The van der Waals surface area contributed by atoms with E-state index < -0.39 is 45.8 Å². The molecular weight excluding hydrogens is 620 g/mol. The molecular formula is C30H46N6O7S2. The van der Waals surface area contributed by atoms with Gasteiger partial charge in [-0.3, -0.25) is 9.79 Å². The lowest BCUT2D eigenvalue weighted by Gasteiger charge is -2.27. The molecule has 1 aromatic carbocycles. The lowest BCUT2D eigenvalue weighted by atomic mass is 10.0. The third-order valence-corrected chi connectivity index (χ3v) is 9.84. The molecule has 3 rings (SSSR count). The number of nitrogens with one attached hydrogen (secondary N) is 3. The average molecular weight is 667 g/mol. The lowest BCUT2D eigenvalue weighted by molar-refractivity contribution is -0.125. The number of ether oxygens (including phenoxy) is 2. The number of thiazole rings is 1. The van der Waals surface area contributed by atoms with Crippen LogP contribution in [0.3, 0.4) is 0 Å². The number of benzene rings is 1. The zero-order valence-corrected chi connectivity index (χ0v) is 28.6. The molecule has 1 aromatic heterocycles. The lowest BCUT2D eigenvalue weighted by Crippen LogP contribution is -2.52. The minimum absolute atomic E-state index is 0.106. The van der Waals surface area contributed by atoms with E-state index in [1.54, 1.807) is 59.2 Å². The van der Waals surface area contributed by atoms with Gasteiger partial charge in [-0.05, 0) is 89.5 Å². The summed E-state index contributed by atoms with van der Waals surface area (Å²) in [6.45, 7) is 10.5. The number of nitrogens with two attached hydrogens (primary N) is 1. The van der Waals surface area contributed by atoms with Crippen molar-refractivity contribution in [1.82, 2.24) is 20.3 Å². The zero-order valence-electron chi connectivity index (χ0n) is 27.0. The molecule has 1 unspecified atom stereocenters. The number of amides is 2. The van der Waals surface area contributed by atoms with Gasteiger partial charge in [0, 0.05) is 18.1 Å². The van der Waals surface area contributed by atoms with Gasteiger partial charge in [-0.1, -0.05) is 12.8 Å². The molecule has 1 aliphatic carbocycles. The first kappa shape index (κ1) is 36.0. The largest absolute Gasteiger partial charge is 0.496 e. The second kappa shape index (κ2) is 15.2. The number of sulfonamides is 1. The van der Waals surface area contributed by atoms with Crippen molar-refractivity contribution < 1.29 is 32.6 Å². The second-order valence-corrected chi connectivity index (χ2v) is 14.8. The number of alkyl carbamates (subject to hydrolysis) is 1. The van der Waals surface area contributed by atoms with Gasteiger partial charge in [-0.2, -0.15) is 0 Å². The average Bonchev–Trinajstić information content (AvgIpc) is 3.58. The van der Waals surface area contributed by atoms with Crippen molar-refractivity contribution in [3.63, 3.8) is 0 Å². The maximum absolute atomic E-state index is 13.4. The van der Waals surface area contributed by atoms with E-state index in [0.717, 1.165) is 12.8 Å². The second-order valence-electron chi connectivity index (χ2n) is 12.3. The van der Waals surface area contributed by atoms with Gasteiger partial charge in [0.1, 0.15) is 28.5 Å². The van der Waals surface area contributed by atoms with E-state index in [1.807, 2.05) is 0 Å². The Labute approximate surface area is 269 Å². The Kier molecular flexibility index (Phi) is 12.2. The van der Waals surface area contributed by atoms with Gasteiger partial charge >= 0.3 is 6.09 Å². The molecule has 0 radical (unpaired) electrons. The minimum Gasteiger partial charge on any atom is -0.496 e. The van der Waals surface area contributed by atoms with E-state index in [0.29, 0.717) is 46.2 Å². The first-order chi connectivity index (χ1) is 21.0. The number of aryl methyl sites for hydroxylation is 1. The van der Waals surface area contributed by atoms with Crippen LogP contribution in [0, 0.1) is 26.7 Å². The Morgan fingerprint density at radius 3 is 2.47 bits per heavy atom. The van der Waals surface area contributed by atoms with Crippen molar-refractivity contribution in [3.8, 4) is 5.75 Å². The molecule has 1 aliphatic rings. The number of methoxy groups -OCH3 is 1. The summed E-state index contributed by atoms with van der Waals surface area (Å²) in [4.78, 5) is 34.4. The Hall–Kier alpha value is -3.43. The van der Waals surface area contributed by atoms with E-state index in [1.165, 1.54) is 18.4 Å². The molecule has 0 bridgehead atoms. The maximum atomic E-state index is 13.4. The predicted molar refractivity (Wildman–Crippen MR) is 173 cm³/mol. The Bertz CT molecular complexity index is 1470. The monoisotopic (exact) mass is 666 g/mol. The summed E-state index contributed by atoms with van der Waals surface area (Å²) in [6, 6.07) is 0.0615. The van der Waals surface area contributed by atoms with Crippen LogP contribution in [-0.2, 0) is 19.6 Å². The van der Waals surface area contributed by atoms with Crippen LogP contribution in [0.4, 0.5) is 4.79 Å². The smallest absolute Gasteiger partial charge is 0.408 e. The normalized spacial score (nSPS) is 16.0. The highest BCUT2D eigenvalue weighted by Gasteiger charge is 2.34. The van der Waals surface area contributed by atoms with Crippen LogP contribution in [0.5, 0.6) is 5.75 Å². The van der Waals surface area contributed by atoms with Crippen molar-refractivity contribution in [2.24, 2.45) is 16.6 Å². The summed E-state index contributed by atoms with van der Waals surface area (Å²) in [6.07, 6.45) is 2.79. The van der Waals surface area contributed by atoms with Crippen molar-refractivity contribution in [3.05, 3.63) is 39.3 Å². The number of guanidine groups is 1. The fourth-order valence-electron chi connectivity index (χ4n) is 4.89. The van der Waals surface area contributed by atoms with Crippen LogP contribution < -0.4 is 25.8 Å². The Balaban J connectivity index is 1.68. The Morgan fingerprint density at radius 2 is 1.89 bits per heavy atom. The number of nitrogens with zero attached hydrogens (tertiary/aromatic N) is 2. The summed E-state index contributed by atoms with van der Waals surface area (Å²) in [5.41, 5.74) is 6.99. The van der Waals surface area contributed by atoms with Crippen LogP contribution in [0.1, 0.15) is 80.7 Å². The van der Waals surface area contributed by atoms with Crippen LogP contribution in [0.25, 0.3) is 0 Å². The molecule has 13 nitrogen and oxygen atoms in total. The third-order valence-electron chi connectivity index (χ3n) is 7.35. The number of hydrogen-bond acceptors (Lipinski definition) is 10. The Morgan fingerprint density at radius 1 is 1.20 bits per heavy atom. The van der Waals surface area contributed by atoms with Gasteiger partial charge < -0.3 is 30.9 Å². The highest BCUT2D eigenvalue weighted by Crippen LogP contribution is 2.34. The standard InChI is InChI=1S/C30H46N6O7S2/c1-17-15-23(42-7)18(2)19(3)25(17)45(40,41)36-28(31)33-12-8-9-21(24(37)27-32-13-14-44-27)34-26(38)22(16-20-10-11-20)35-29(39)43-30(4,5)6/h13-15,20-22,24,37H,8-12,16H2,1-7H3,(H,34,38)(H,35,39)(H3,31,33,36)/t21-,22-,24?/m0/s1. The van der Waals surface area contributed by atoms with E-state index in [2.05, 4.69) is 25.3 Å². The fraction of sp³-hybridized carbons (Fsp3) is 0.600. The number of hydrogen-bond donors (Lipinski definition) is 5. The number of aliphatic hydroxyl groups excluding tert-OH is 1. The van der Waals surface area contributed by atoms with Crippen molar-refractivity contribution >= 4 is 39.3 Å². The van der Waals surface area contributed by atoms with Crippen molar-refractivity contribution in [1.29, 1.82) is 0 Å². The number of carbonyl (C=O) groups excluding carboxylic acids is 2. The molecule has 15 heteroatoms. The minimum atomic E-state index is -4.03. The van der Waals surface area contributed by atoms with E-state index in [-0.39, 0.29) is 23.8 Å². The van der Waals surface area contributed by atoms with E-state index in [4.69, 9.17) is 15.2 Å². The van der Waals surface area contributed by atoms with E-state index in [9.17, 15) is 23.1 Å². The highest BCUT2D eigenvalue weighted by atomic mass is 32.2. The first-order valence-electron chi connectivity index (χ1n) is 14.9. The molecule has 45 heavy (non-hydrogen) atoms. The molecule has 6 N–H and O–H groups in total. The van der Waals surface area contributed by atoms with Crippen LogP contribution in [0.2, 0.25) is 0 Å². The first-order valence-corrected chi connectivity index (χ1v) is 17.2. The molecule has 2 amide bonds. The number of aliphatic hydroxyl groups is 1. The summed E-state index contributed by atoms with van der Waals surface area (Å²) in [5, 5.41) is 18.8. The molecule has 250 valence electrons. The molecule has 3 atom stereocenters. The van der Waals surface area contributed by atoms with Crippen molar-refractivity contribution in [2.45, 2.75) is 102 Å². The summed E-state index contributed by atoms with van der Waals surface area (Å²) >= 11 is 1.25. The van der Waals surface area contributed by atoms with Crippen LogP contribution in [0.15, 0.2) is 27.5 Å². The molecule has 2 aromatic rings. The summed E-state index contributed by atoms with van der Waals surface area (Å²) < 4.78 is 39.4. The third kappa shape index (κ3) is 10.6. The SMILES string of the molecule is COc1cc(C)c(S(=O)(=O)NC(N)=NCCC[C@H](NC(=O)[C@H](CC2CC2)NC(=O)OC(C)(C)C)C(O)c2nccs2)c(C)c1C. The van der Waals surface area contributed by atoms with Gasteiger partial charge in [0.05, 0.1) is 18.0 Å². The molecule has 1 saturated carbocycles. The molecule has 1 fully saturated rings. The van der Waals surface area contributed by atoms with Crippen LogP contribution >= 0.6 is 11.3 Å². The quantitative estimate of drug-likeness (QED) is 0.114. The van der Waals surface area contributed by atoms with Gasteiger partial charge in [0.25, 0.3) is 10.0 Å². The number of carbonyl (C=O) groups is 2. The number of aromatic nitrogens is 1. The summed E-state index contributed by atoms with van der Waals surface area (Å²) in [7, 11) is -2.50.